The molecule has 0 atom stereocenters. The zero-order chi connectivity index (χ0) is 9.07. The highest BCUT2D eigenvalue weighted by molar-refractivity contribution is 7.98. The van der Waals surface area contributed by atoms with Gasteiger partial charge in [0.1, 0.15) is 0 Å². The zero-order valence-electron chi connectivity index (χ0n) is 7.94. The molecule has 0 aromatic rings. The largest absolute Gasteiger partial charge is 0.317 e. The van der Waals surface area contributed by atoms with Gasteiger partial charge in [0.25, 0.3) is 0 Å². The Labute approximate surface area is 79.5 Å². The van der Waals surface area contributed by atoms with E-state index in [1.807, 2.05) is 11.8 Å². The smallest absolute Gasteiger partial charge is 0.0906 e. The molecule has 0 aliphatic heterocycles. The Bertz CT molecular complexity index is 70.9. The number of hydrogen-bond donors (Lipinski definition) is 1. The summed E-state index contributed by atoms with van der Waals surface area (Å²) < 4.78 is 11.6. The normalized spacial score (nSPS) is 10.5. The predicted molar refractivity (Wildman–Crippen MR) is 55.7 cm³/mol. The quantitative estimate of drug-likeness (QED) is 0.565. The molecule has 0 bridgehead atoms. The third kappa shape index (κ3) is 10.2. The van der Waals surface area contributed by atoms with E-state index < -0.39 is 0 Å². The lowest BCUT2D eigenvalue weighted by molar-refractivity contribution is 0.457. The van der Waals surface area contributed by atoms with Crippen LogP contribution in [0.25, 0.3) is 0 Å². The van der Waals surface area contributed by atoms with Gasteiger partial charge in [0.15, 0.2) is 0 Å². The summed E-state index contributed by atoms with van der Waals surface area (Å²) in [4.78, 5) is 0. The second-order valence-electron chi connectivity index (χ2n) is 2.85. The maximum atomic E-state index is 11.6. The van der Waals surface area contributed by atoms with Gasteiger partial charge in [-0.1, -0.05) is 6.42 Å². The summed E-state index contributed by atoms with van der Waals surface area (Å²) in [7, 11) is 0. The summed E-state index contributed by atoms with van der Waals surface area (Å²) in [5.74, 6) is 1.27. The molecular weight excluding hydrogens is 173 g/mol. The summed E-state index contributed by atoms with van der Waals surface area (Å²) in [5.41, 5.74) is 0. The van der Waals surface area contributed by atoms with Crippen LogP contribution in [0.1, 0.15) is 25.7 Å². The molecule has 0 saturated heterocycles. The lowest BCUT2D eigenvalue weighted by Gasteiger charge is -2.02. The number of unbranched alkanes of at least 4 members (excludes halogenated alkanes) is 2. The van der Waals surface area contributed by atoms with Crippen LogP contribution in [0.2, 0.25) is 0 Å². The van der Waals surface area contributed by atoms with Gasteiger partial charge in [-0.3, -0.25) is 4.39 Å². The average molecular weight is 193 g/mol. The minimum Gasteiger partial charge on any atom is -0.317 e. The van der Waals surface area contributed by atoms with Gasteiger partial charge in [0.2, 0.25) is 0 Å². The molecule has 0 unspecified atom stereocenters. The van der Waals surface area contributed by atoms with Crippen molar-refractivity contribution in [3.8, 4) is 0 Å². The minimum atomic E-state index is -0.195. The van der Waals surface area contributed by atoms with Crippen molar-refractivity contribution in [2.45, 2.75) is 25.7 Å². The minimum absolute atomic E-state index is 0.195. The first-order chi connectivity index (χ1) is 5.91. The molecule has 0 heterocycles. The number of nitrogens with one attached hydrogen (secondary N) is 1. The van der Waals surface area contributed by atoms with Crippen molar-refractivity contribution in [1.29, 1.82) is 0 Å². The van der Waals surface area contributed by atoms with Crippen LogP contribution in [-0.4, -0.2) is 31.8 Å². The zero-order valence-corrected chi connectivity index (χ0v) is 8.76. The van der Waals surface area contributed by atoms with Gasteiger partial charge in [-0.05, 0) is 44.4 Å². The molecule has 0 aromatic heterocycles. The number of hydrogen-bond acceptors (Lipinski definition) is 2. The van der Waals surface area contributed by atoms with Crippen LogP contribution in [-0.2, 0) is 0 Å². The van der Waals surface area contributed by atoms with E-state index in [0.29, 0.717) is 6.42 Å². The van der Waals surface area contributed by atoms with Crippen molar-refractivity contribution in [2.24, 2.45) is 0 Å². The van der Waals surface area contributed by atoms with E-state index in [1.165, 1.54) is 25.0 Å². The van der Waals surface area contributed by atoms with Crippen LogP contribution in [0.4, 0.5) is 4.39 Å². The highest BCUT2D eigenvalue weighted by Crippen LogP contribution is 2.00. The van der Waals surface area contributed by atoms with E-state index in [0.717, 1.165) is 13.1 Å². The van der Waals surface area contributed by atoms with Gasteiger partial charge in [0, 0.05) is 0 Å². The molecule has 0 fully saturated rings. The molecule has 0 aliphatic rings. The SMILES string of the molecule is CSCCCCCNCCCF. The number of thioether (sulfide) groups is 1. The predicted octanol–water partition coefficient (Wildman–Crippen LogP) is 2.47. The Morgan fingerprint density at radius 2 is 1.83 bits per heavy atom. The van der Waals surface area contributed by atoms with Gasteiger partial charge >= 0.3 is 0 Å². The lowest BCUT2D eigenvalue weighted by atomic mass is 10.2. The van der Waals surface area contributed by atoms with Gasteiger partial charge in [-0.2, -0.15) is 11.8 Å². The van der Waals surface area contributed by atoms with Crippen molar-refractivity contribution < 1.29 is 4.39 Å². The average Bonchev–Trinajstić information content (AvgIpc) is 2.10. The van der Waals surface area contributed by atoms with Crippen molar-refractivity contribution in [3.05, 3.63) is 0 Å². The van der Waals surface area contributed by atoms with Gasteiger partial charge in [-0.15, -0.1) is 0 Å². The molecule has 0 radical (unpaired) electrons. The van der Waals surface area contributed by atoms with E-state index in [2.05, 4.69) is 11.6 Å². The molecule has 0 rings (SSSR count). The van der Waals surface area contributed by atoms with E-state index in [9.17, 15) is 4.39 Å². The van der Waals surface area contributed by atoms with Gasteiger partial charge in [-0.25, -0.2) is 0 Å². The second kappa shape index (κ2) is 11.2. The molecule has 1 nitrogen and oxygen atoms in total. The molecule has 12 heavy (non-hydrogen) atoms. The Balaban J connectivity index is 2.73. The van der Waals surface area contributed by atoms with Crippen molar-refractivity contribution in [1.82, 2.24) is 5.32 Å². The summed E-state index contributed by atoms with van der Waals surface area (Å²) in [5, 5.41) is 3.22. The number of halogens is 1. The number of alkyl halides is 1. The third-order valence-electron chi connectivity index (χ3n) is 1.69. The van der Waals surface area contributed by atoms with Crippen LogP contribution in [0, 0.1) is 0 Å². The van der Waals surface area contributed by atoms with Crippen molar-refractivity contribution in [2.75, 3.05) is 31.8 Å². The van der Waals surface area contributed by atoms with Crippen molar-refractivity contribution in [3.63, 3.8) is 0 Å². The molecular formula is C9H20FNS. The van der Waals surface area contributed by atoms with Gasteiger partial charge < -0.3 is 5.32 Å². The topological polar surface area (TPSA) is 12.0 Å². The maximum absolute atomic E-state index is 11.6. The molecule has 0 amide bonds. The lowest BCUT2D eigenvalue weighted by Crippen LogP contribution is -2.16. The standard InChI is InChI=1S/C9H20FNS/c1-12-9-4-2-3-7-11-8-5-6-10/h11H,2-9H2,1H3. The summed E-state index contributed by atoms with van der Waals surface area (Å²) in [6, 6.07) is 0. The molecule has 0 spiro atoms. The second-order valence-corrected chi connectivity index (χ2v) is 3.83. The van der Waals surface area contributed by atoms with E-state index in [1.54, 1.807) is 0 Å². The van der Waals surface area contributed by atoms with Crippen LogP contribution < -0.4 is 5.32 Å². The molecule has 0 aromatic carbocycles. The molecule has 0 aliphatic carbocycles. The fourth-order valence-corrected chi connectivity index (χ4v) is 1.48. The van der Waals surface area contributed by atoms with E-state index in [4.69, 9.17) is 0 Å². The first kappa shape index (κ1) is 12.2. The van der Waals surface area contributed by atoms with Crippen LogP contribution in [0.3, 0.4) is 0 Å². The summed E-state index contributed by atoms with van der Waals surface area (Å²) in [6.07, 6.45) is 6.63. The molecule has 3 heteroatoms. The monoisotopic (exact) mass is 193 g/mol. The van der Waals surface area contributed by atoms with Crippen LogP contribution >= 0.6 is 11.8 Å². The molecule has 0 saturated carbocycles. The summed E-state index contributed by atoms with van der Waals surface area (Å²) in [6.45, 7) is 1.69. The fraction of sp³-hybridized carbons (Fsp3) is 1.00. The van der Waals surface area contributed by atoms with Crippen LogP contribution in [0.15, 0.2) is 0 Å². The van der Waals surface area contributed by atoms with Crippen molar-refractivity contribution >= 4 is 11.8 Å². The Morgan fingerprint density at radius 1 is 1.08 bits per heavy atom. The van der Waals surface area contributed by atoms with Crippen LogP contribution in [0.5, 0.6) is 0 Å². The summed E-state index contributed by atoms with van der Waals surface area (Å²) >= 11 is 1.90. The number of rotatable bonds is 9. The maximum Gasteiger partial charge on any atom is 0.0906 e. The van der Waals surface area contributed by atoms with Gasteiger partial charge in [0.05, 0.1) is 6.67 Å². The highest BCUT2D eigenvalue weighted by Gasteiger charge is 1.89. The third-order valence-corrected chi connectivity index (χ3v) is 2.39. The highest BCUT2D eigenvalue weighted by atomic mass is 32.2. The molecule has 1 N–H and O–H groups in total. The first-order valence-corrected chi connectivity index (χ1v) is 6.07. The van der Waals surface area contributed by atoms with E-state index in [-0.39, 0.29) is 6.67 Å². The Morgan fingerprint density at radius 3 is 2.50 bits per heavy atom. The fourth-order valence-electron chi connectivity index (χ4n) is 0.990. The Hall–Kier alpha value is 0.240. The first-order valence-electron chi connectivity index (χ1n) is 4.67. The van der Waals surface area contributed by atoms with E-state index >= 15 is 0 Å². The molecule has 74 valence electrons. The Kier molecular flexibility index (Phi) is 11.5.